The molecule has 7 nitrogen and oxygen atoms in total. The number of fused-ring (bicyclic) bond motifs is 1. The molecule has 0 saturated carbocycles. The van der Waals surface area contributed by atoms with Crippen molar-refractivity contribution in [3.63, 3.8) is 0 Å². The highest BCUT2D eigenvalue weighted by Gasteiger charge is 2.20. The number of para-hydroxylation sites is 1. The summed E-state index contributed by atoms with van der Waals surface area (Å²) in [6, 6.07) is 33.1. The van der Waals surface area contributed by atoms with Crippen LogP contribution in [0.5, 0.6) is 0 Å². The van der Waals surface area contributed by atoms with Crippen LogP contribution in [0.15, 0.2) is 120 Å². The van der Waals surface area contributed by atoms with E-state index in [-0.39, 0.29) is 22.8 Å². The first kappa shape index (κ1) is 28.8. The average molecular weight is 593 g/mol. The Balaban J connectivity index is 1.29. The standard InChI is InChI=1S/C33H28N4O3S2/c1-2-28(32(40)37-33-36-26-18-9-10-19-29(26)42-33)41-25-17-11-16-24(21-25)34-31(39)27(20-22-12-5-3-6-13-22)35-30(38)23-14-7-4-8-15-23/h3-21,28H,2H2,1H3,(H,34,39)(H,35,38)(H,36,37,40)/b27-20-. The largest absolute Gasteiger partial charge is 0.321 e. The summed E-state index contributed by atoms with van der Waals surface area (Å²) >= 11 is 2.85. The van der Waals surface area contributed by atoms with E-state index in [1.165, 1.54) is 23.1 Å². The Morgan fingerprint density at radius 2 is 1.57 bits per heavy atom. The first-order chi connectivity index (χ1) is 20.5. The minimum atomic E-state index is -0.467. The highest BCUT2D eigenvalue weighted by atomic mass is 32.2. The molecular formula is C33H28N4O3S2. The fraction of sp³-hybridized carbons (Fsp3) is 0.0909. The summed E-state index contributed by atoms with van der Waals surface area (Å²) in [5.74, 6) is -0.985. The van der Waals surface area contributed by atoms with E-state index in [4.69, 9.17) is 0 Å². The minimum absolute atomic E-state index is 0.106. The number of benzene rings is 4. The molecular weight excluding hydrogens is 565 g/mol. The lowest BCUT2D eigenvalue weighted by Crippen LogP contribution is -2.30. The van der Waals surface area contributed by atoms with Gasteiger partial charge in [0.25, 0.3) is 11.8 Å². The zero-order chi connectivity index (χ0) is 29.3. The number of nitrogens with zero attached hydrogens (tertiary/aromatic N) is 1. The first-order valence-corrected chi connectivity index (χ1v) is 15.1. The maximum absolute atomic E-state index is 13.4. The maximum atomic E-state index is 13.4. The van der Waals surface area contributed by atoms with Crippen LogP contribution in [0.1, 0.15) is 29.3 Å². The fourth-order valence-corrected chi connectivity index (χ4v) is 5.98. The quantitative estimate of drug-likeness (QED) is 0.118. The highest BCUT2D eigenvalue weighted by molar-refractivity contribution is 8.00. The first-order valence-electron chi connectivity index (χ1n) is 13.4. The molecule has 1 heterocycles. The van der Waals surface area contributed by atoms with Gasteiger partial charge in [0.05, 0.1) is 15.5 Å². The number of hydrogen-bond donors (Lipinski definition) is 3. The van der Waals surface area contributed by atoms with E-state index >= 15 is 0 Å². The second-order valence-electron chi connectivity index (χ2n) is 9.26. The van der Waals surface area contributed by atoms with Crippen molar-refractivity contribution in [2.45, 2.75) is 23.5 Å². The van der Waals surface area contributed by atoms with E-state index in [9.17, 15) is 14.4 Å². The van der Waals surface area contributed by atoms with Gasteiger partial charge in [-0.2, -0.15) is 0 Å². The summed E-state index contributed by atoms with van der Waals surface area (Å²) in [6.45, 7) is 1.96. The van der Waals surface area contributed by atoms with Crippen LogP contribution in [-0.2, 0) is 9.59 Å². The van der Waals surface area contributed by atoms with E-state index in [1.807, 2.05) is 85.8 Å². The number of carbonyl (C=O) groups excluding carboxylic acids is 3. The van der Waals surface area contributed by atoms with Crippen LogP contribution in [0.2, 0.25) is 0 Å². The van der Waals surface area contributed by atoms with Crippen LogP contribution in [0.4, 0.5) is 10.8 Å². The topological polar surface area (TPSA) is 100 Å². The molecule has 0 aliphatic heterocycles. The van der Waals surface area contributed by atoms with Gasteiger partial charge in [-0.3, -0.25) is 14.4 Å². The van der Waals surface area contributed by atoms with Gasteiger partial charge in [0, 0.05) is 16.1 Å². The number of nitrogens with one attached hydrogen (secondary N) is 3. The molecule has 5 aromatic rings. The van der Waals surface area contributed by atoms with Gasteiger partial charge in [-0.1, -0.05) is 85.0 Å². The van der Waals surface area contributed by atoms with Gasteiger partial charge in [0.2, 0.25) is 5.91 Å². The van der Waals surface area contributed by atoms with Gasteiger partial charge >= 0.3 is 0 Å². The second kappa shape index (κ2) is 13.8. The van der Waals surface area contributed by atoms with E-state index in [1.54, 1.807) is 36.4 Å². The van der Waals surface area contributed by atoms with Gasteiger partial charge in [-0.05, 0) is 60.5 Å². The van der Waals surface area contributed by atoms with Crippen LogP contribution in [0.25, 0.3) is 16.3 Å². The third-order valence-electron chi connectivity index (χ3n) is 6.20. The summed E-state index contributed by atoms with van der Waals surface area (Å²) in [6.07, 6.45) is 2.24. The minimum Gasteiger partial charge on any atom is -0.321 e. The number of rotatable bonds is 10. The number of thioether (sulfide) groups is 1. The Morgan fingerprint density at radius 1 is 0.857 bits per heavy atom. The maximum Gasteiger partial charge on any atom is 0.272 e. The molecule has 5 rings (SSSR count). The van der Waals surface area contributed by atoms with E-state index in [2.05, 4.69) is 20.9 Å². The number of amides is 3. The van der Waals surface area contributed by atoms with E-state index in [0.717, 1.165) is 20.7 Å². The van der Waals surface area contributed by atoms with Gasteiger partial charge in [0.1, 0.15) is 5.70 Å². The molecule has 1 atom stereocenters. The normalized spacial score (nSPS) is 12.0. The van der Waals surface area contributed by atoms with Crippen molar-refractivity contribution in [3.05, 3.63) is 126 Å². The number of anilines is 2. The Bertz CT molecular complexity index is 1700. The Morgan fingerprint density at radius 3 is 2.31 bits per heavy atom. The predicted octanol–water partition coefficient (Wildman–Crippen LogP) is 7.22. The lowest BCUT2D eigenvalue weighted by molar-refractivity contribution is -0.116. The molecule has 0 saturated heterocycles. The zero-order valence-electron chi connectivity index (χ0n) is 22.7. The lowest BCUT2D eigenvalue weighted by Gasteiger charge is -2.15. The molecule has 0 fully saturated rings. The second-order valence-corrected chi connectivity index (χ2v) is 11.6. The monoisotopic (exact) mass is 592 g/mol. The Kier molecular flexibility index (Phi) is 9.43. The van der Waals surface area contributed by atoms with Crippen LogP contribution in [0, 0.1) is 0 Å². The number of thiazole rings is 1. The molecule has 1 unspecified atom stereocenters. The molecule has 0 bridgehead atoms. The van der Waals surface area contributed by atoms with Gasteiger partial charge in [-0.15, -0.1) is 11.8 Å². The van der Waals surface area contributed by atoms with Crippen molar-refractivity contribution in [1.29, 1.82) is 0 Å². The van der Waals surface area contributed by atoms with Crippen molar-refractivity contribution in [2.24, 2.45) is 0 Å². The summed E-state index contributed by atoms with van der Waals surface area (Å²) in [7, 11) is 0. The van der Waals surface area contributed by atoms with Crippen LogP contribution < -0.4 is 16.0 Å². The van der Waals surface area contributed by atoms with E-state index < -0.39 is 5.91 Å². The molecule has 0 aliphatic rings. The molecule has 9 heteroatoms. The van der Waals surface area contributed by atoms with Crippen LogP contribution in [0.3, 0.4) is 0 Å². The number of aromatic nitrogens is 1. The number of hydrogen-bond acceptors (Lipinski definition) is 6. The molecule has 3 N–H and O–H groups in total. The summed E-state index contributed by atoms with van der Waals surface area (Å²) in [5.41, 5.74) is 2.71. The van der Waals surface area contributed by atoms with Crippen molar-refractivity contribution in [2.75, 3.05) is 10.6 Å². The molecule has 1 aromatic heterocycles. The lowest BCUT2D eigenvalue weighted by atomic mass is 10.1. The van der Waals surface area contributed by atoms with Crippen molar-refractivity contribution in [3.8, 4) is 0 Å². The average Bonchev–Trinajstić information content (AvgIpc) is 3.43. The van der Waals surface area contributed by atoms with Crippen molar-refractivity contribution >= 4 is 67.9 Å². The van der Waals surface area contributed by atoms with Gasteiger partial charge in [-0.25, -0.2) is 4.98 Å². The molecule has 42 heavy (non-hydrogen) atoms. The van der Waals surface area contributed by atoms with Crippen LogP contribution >= 0.6 is 23.1 Å². The number of carbonyl (C=O) groups is 3. The third kappa shape index (κ3) is 7.51. The summed E-state index contributed by atoms with van der Waals surface area (Å²) in [4.78, 5) is 44.7. The molecule has 0 aliphatic carbocycles. The van der Waals surface area contributed by atoms with Crippen molar-refractivity contribution < 1.29 is 14.4 Å². The fourth-order valence-electron chi connectivity index (χ4n) is 4.10. The third-order valence-corrected chi connectivity index (χ3v) is 8.51. The zero-order valence-corrected chi connectivity index (χ0v) is 24.4. The summed E-state index contributed by atoms with van der Waals surface area (Å²) in [5, 5.41) is 8.80. The highest BCUT2D eigenvalue weighted by Crippen LogP contribution is 2.30. The molecule has 0 radical (unpaired) electrons. The molecule has 3 amide bonds. The molecule has 4 aromatic carbocycles. The van der Waals surface area contributed by atoms with E-state index in [0.29, 0.717) is 22.8 Å². The predicted molar refractivity (Wildman–Crippen MR) is 172 cm³/mol. The Labute approximate surface area is 252 Å². The van der Waals surface area contributed by atoms with Crippen molar-refractivity contribution in [1.82, 2.24) is 10.3 Å². The smallest absolute Gasteiger partial charge is 0.272 e. The van der Waals surface area contributed by atoms with Crippen LogP contribution in [-0.4, -0.2) is 28.0 Å². The van der Waals surface area contributed by atoms with Gasteiger partial charge < -0.3 is 16.0 Å². The Hall–Kier alpha value is -4.73. The molecule has 0 spiro atoms. The summed E-state index contributed by atoms with van der Waals surface area (Å²) < 4.78 is 1.01. The SMILES string of the molecule is CCC(Sc1cccc(NC(=O)/C(=C/c2ccccc2)NC(=O)c2ccccc2)c1)C(=O)Nc1nc2ccccc2s1. The van der Waals surface area contributed by atoms with Gasteiger partial charge in [0.15, 0.2) is 5.13 Å². The molecule has 210 valence electrons.